The van der Waals surface area contributed by atoms with Gasteiger partial charge in [0.05, 0.1) is 0 Å². The maximum Gasteiger partial charge on any atom is 0.414 e. The monoisotopic (exact) mass is 900 g/mol. The Balaban J connectivity index is -0.000000381. The molecule has 2 fully saturated rings. The topological polar surface area (TPSA) is 502 Å². The van der Waals surface area contributed by atoms with Gasteiger partial charge in [0.25, 0.3) is 0 Å². The smallest absolute Gasteiger partial charge is 0.414 e. The highest BCUT2D eigenvalue weighted by molar-refractivity contribution is 6.29. The Morgan fingerprint density at radius 1 is 0.403 bits per heavy atom. The Labute approximate surface area is 348 Å². The molecule has 0 bridgehead atoms. The third-order valence-corrected chi connectivity index (χ3v) is 6.38. The molecular weight excluding hydrogens is 852 g/mol. The van der Waals surface area contributed by atoms with E-state index in [2.05, 4.69) is 55.3 Å². The zero-order valence-corrected chi connectivity index (χ0v) is 32.4. The lowest BCUT2D eigenvalue weighted by molar-refractivity contribution is -0.159. The van der Waals surface area contributed by atoms with Crippen LogP contribution in [0.1, 0.15) is 11.1 Å². The van der Waals surface area contributed by atoms with Crippen molar-refractivity contribution in [3.05, 3.63) is 35.4 Å². The highest BCUT2D eigenvalue weighted by atomic mass is 16.5. The molecule has 0 radical (unpaired) electrons. The summed E-state index contributed by atoms with van der Waals surface area (Å²) >= 11 is 0. The summed E-state index contributed by atoms with van der Waals surface area (Å²) in [5.74, 6) is -21.9. The molecule has 62 heavy (non-hydrogen) atoms. The van der Waals surface area contributed by atoms with E-state index in [1.165, 1.54) is 37.3 Å². The molecule has 1 aromatic rings. The number of benzene rings is 1. The molecule has 30 heteroatoms. The molecule has 2 aliphatic heterocycles. The SMILES string of the molecule is O=C(O)C(=O)O.O=C(O)C(=O)O.O=C(O)C(=O)O.O=C(O)C(=O)O.O=C(O)C(=O)O.O=C(O)C(=O)O.c1cc(CNCCN2CCNCC2)cc(CNCCN2CCNCC2)c1. The molecule has 2 aliphatic rings. The molecule has 0 aliphatic carbocycles. The number of hydrogen-bond donors (Lipinski definition) is 16. The summed E-state index contributed by atoms with van der Waals surface area (Å²) in [5, 5.41) is 103. The van der Waals surface area contributed by atoms with Gasteiger partial charge in [-0.2, -0.15) is 0 Å². The van der Waals surface area contributed by atoms with Crippen LogP contribution in [0.15, 0.2) is 24.3 Å². The molecule has 350 valence electrons. The van der Waals surface area contributed by atoms with E-state index in [9.17, 15) is 0 Å². The quantitative estimate of drug-likeness (QED) is 0.0770. The highest BCUT2D eigenvalue weighted by Crippen LogP contribution is 2.05. The first-order chi connectivity index (χ1) is 28.8. The minimum Gasteiger partial charge on any atom is -0.473 e. The van der Waals surface area contributed by atoms with Crippen molar-refractivity contribution in [1.29, 1.82) is 0 Å². The van der Waals surface area contributed by atoms with Crippen molar-refractivity contribution in [2.75, 3.05) is 78.5 Å². The first-order valence-electron chi connectivity index (χ1n) is 16.9. The fraction of sp³-hybridized carbons (Fsp3) is 0.438. The van der Waals surface area contributed by atoms with Crippen molar-refractivity contribution < 1.29 is 119 Å². The lowest BCUT2D eigenvalue weighted by Gasteiger charge is -2.27. The van der Waals surface area contributed by atoms with Crippen molar-refractivity contribution in [3.63, 3.8) is 0 Å². The Hall–Kier alpha value is -7.38. The van der Waals surface area contributed by atoms with Gasteiger partial charge in [0.15, 0.2) is 0 Å². The second-order valence-electron chi connectivity index (χ2n) is 11.0. The number of aliphatic carboxylic acids is 12. The molecule has 30 nitrogen and oxygen atoms in total. The molecule has 2 heterocycles. The number of nitrogens with zero attached hydrogens (tertiary/aromatic N) is 2. The van der Waals surface area contributed by atoms with Crippen LogP contribution < -0.4 is 21.3 Å². The molecule has 0 atom stereocenters. The van der Waals surface area contributed by atoms with Gasteiger partial charge in [0, 0.05) is 91.6 Å². The van der Waals surface area contributed by atoms with Gasteiger partial charge < -0.3 is 82.5 Å². The summed E-state index contributed by atoms with van der Waals surface area (Å²) in [5.41, 5.74) is 2.76. The molecule has 2 saturated heterocycles. The van der Waals surface area contributed by atoms with Gasteiger partial charge in [-0.3, -0.25) is 9.80 Å². The number of carbonyl (C=O) groups is 12. The van der Waals surface area contributed by atoms with Crippen LogP contribution in [0.25, 0.3) is 0 Å². The predicted molar refractivity (Wildman–Crippen MR) is 200 cm³/mol. The van der Waals surface area contributed by atoms with Crippen LogP contribution >= 0.6 is 0 Å². The van der Waals surface area contributed by atoms with E-state index >= 15 is 0 Å². The van der Waals surface area contributed by atoms with Gasteiger partial charge >= 0.3 is 71.6 Å². The Kier molecular flexibility index (Phi) is 37.4. The van der Waals surface area contributed by atoms with E-state index < -0.39 is 71.6 Å². The summed E-state index contributed by atoms with van der Waals surface area (Å²) in [6.07, 6.45) is 0. The Morgan fingerprint density at radius 2 is 0.613 bits per heavy atom. The van der Waals surface area contributed by atoms with E-state index in [1.807, 2.05) is 0 Å². The fourth-order valence-corrected chi connectivity index (χ4v) is 3.66. The fourth-order valence-electron chi connectivity index (χ4n) is 3.66. The second kappa shape index (κ2) is 37.9. The third kappa shape index (κ3) is 43.7. The van der Waals surface area contributed by atoms with Crippen molar-refractivity contribution in [3.8, 4) is 0 Å². The summed E-state index contributed by atoms with van der Waals surface area (Å²) in [7, 11) is 0. The average molecular weight is 901 g/mol. The number of carboxylic acid groups (broad SMARTS) is 12. The van der Waals surface area contributed by atoms with E-state index in [4.69, 9.17) is 119 Å². The maximum absolute atomic E-state index is 9.10. The first-order valence-corrected chi connectivity index (χ1v) is 16.9. The molecule has 3 rings (SSSR count). The van der Waals surface area contributed by atoms with Crippen LogP contribution in [-0.4, -0.2) is 221 Å². The van der Waals surface area contributed by atoms with Crippen LogP contribution in [0, 0.1) is 0 Å². The number of hydrogen-bond acceptors (Lipinski definition) is 18. The van der Waals surface area contributed by atoms with Crippen LogP contribution in [0.5, 0.6) is 0 Å². The molecule has 0 amide bonds. The molecule has 0 aromatic heterocycles. The number of rotatable bonds is 10. The van der Waals surface area contributed by atoms with Gasteiger partial charge in [-0.15, -0.1) is 0 Å². The minimum absolute atomic E-state index is 0.959. The van der Waals surface area contributed by atoms with E-state index in [-0.39, 0.29) is 0 Å². The normalized spacial score (nSPS) is 12.5. The highest BCUT2D eigenvalue weighted by Gasteiger charge is 2.10. The zero-order chi connectivity index (χ0) is 48.8. The van der Waals surface area contributed by atoms with Crippen molar-refractivity contribution >= 4 is 71.6 Å². The van der Waals surface area contributed by atoms with Crippen LogP contribution in [-0.2, 0) is 70.6 Å². The second-order valence-corrected chi connectivity index (χ2v) is 11.0. The van der Waals surface area contributed by atoms with Gasteiger partial charge in [0.1, 0.15) is 0 Å². The molecule has 16 N–H and O–H groups in total. The number of nitrogens with one attached hydrogen (secondary N) is 4. The summed E-state index contributed by atoms with van der Waals surface area (Å²) in [6, 6.07) is 8.96. The third-order valence-electron chi connectivity index (χ3n) is 6.38. The predicted octanol–water partition coefficient (Wildman–Crippen LogP) is -5.39. The van der Waals surface area contributed by atoms with Crippen LogP contribution in [0.3, 0.4) is 0 Å². The largest absolute Gasteiger partial charge is 0.473 e. The summed E-state index contributed by atoms with van der Waals surface area (Å²) < 4.78 is 0. The molecular formula is C32H48N6O24. The van der Waals surface area contributed by atoms with E-state index in [0.717, 1.165) is 65.4 Å². The van der Waals surface area contributed by atoms with Gasteiger partial charge in [-0.05, 0) is 11.1 Å². The molecule has 0 saturated carbocycles. The van der Waals surface area contributed by atoms with Gasteiger partial charge in [0.2, 0.25) is 0 Å². The van der Waals surface area contributed by atoms with Crippen molar-refractivity contribution in [2.45, 2.75) is 13.1 Å². The van der Waals surface area contributed by atoms with Crippen LogP contribution in [0.4, 0.5) is 0 Å². The minimum atomic E-state index is -1.82. The maximum atomic E-state index is 9.10. The summed E-state index contributed by atoms with van der Waals surface area (Å²) in [6.45, 7) is 15.6. The molecule has 0 unspecified atom stereocenters. The Morgan fingerprint density at radius 3 is 0.806 bits per heavy atom. The van der Waals surface area contributed by atoms with E-state index in [1.54, 1.807) is 0 Å². The van der Waals surface area contributed by atoms with Gasteiger partial charge in [-0.25, -0.2) is 57.5 Å². The molecule has 0 spiro atoms. The first kappa shape index (κ1) is 61.3. The Bertz CT molecular complexity index is 1330. The average Bonchev–Trinajstić information content (AvgIpc) is 3.20. The molecule has 1 aromatic carbocycles. The zero-order valence-electron chi connectivity index (χ0n) is 32.4. The van der Waals surface area contributed by atoms with Crippen molar-refractivity contribution in [2.24, 2.45) is 0 Å². The van der Waals surface area contributed by atoms with Gasteiger partial charge in [-0.1, -0.05) is 24.3 Å². The lowest BCUT2D eigenvalue weighted by Crippen LogP contribution is -2.45. The number of piperazine rings is 2. The van der Waals surface area contributed by atoms with Crippen LogP contribution in [0.2, 0.25) is 0 Å². The van der Waals surface area contributed by atoms with Crippen molar-refractivity contribution in [1.82, 2.24) is 31.1 Å². The number of carboxylic acids is 12. The standard InChI is InChI=1S/C20H36N6.6C2H2O4/c1-2-19(17-23-8-14-25-10-4-21-5-11-25)16-20(3-1)18-24-9-15-26-12-6-22-7-13-26;6*3-1(4)2(5)6/h1-3,16,21-24H,4-15,17-18H2;6*(H,3,4)(H,5,6). The summed E-state index contributed by atoms with van der Waals surface area (Å²) in [4.78, 5) is 114. The lowest BCUT2D eigenvalue weighted by atomic mass is 10.1. The van der Waals surface area contributed by atoms with E-state index in [0.29, 0.717) is 0 Å².